The Morgan fingerprint density at radius 3 is 2.34 bits per heavy atom. The second-order valence-corrected chi connectivity index (χ2v) is 6.67. The van der Waals surface area contributed by atoms with E-state index < -0.39 is 0 Å². The lowest BCUT2D eigenvalue weighted by molar-refractivity contribution is -0.119. The molecule has 0 spiro atoms. The summed E-state index contributed by atoms with van der Waals surface area (Å²) in [5.74, 6) is 0.372. The number of carbonyl (C=O) groups is 1. The first-order chi connectivity index (χ1) is 14.1. The molecule has 4 aromatic rings. The van der Waals surface area contributed by atoms with Gasteiger partial charge in [0.05, 0.1) is 6.20 Å². The van der Waals surface area contributed by atoms with Crippen LogP contribution in [0.15, 0.2) is 71.7 Å². The van der Waals surface area contributed by atoms with Crippen molar-refractivity contribution in [3.8, 4) is 11.4 Å². The summed E-state index contributed by atoms with van der Waals surface area (Å²) in [7, 11) is 1.65. The second kappa shape index (κ2) is 7.71. The number of hydrogen-bond acceptors (Lipinski definition) is 4. The Morgan fingerprint density at radius 2 is 1.69 bits per heavy atom. The van der Waals surface area contributed by atoms with Crippen LogP contribution < -0.4 is 10.6 Å². The molecular weight excluding hydrogens is 366 g/mol. The molecule has 0 radical (unpaired) electrons. The van der Waals surface area contributed by atoms with Gasteiger partial charge in [0.1, 0.15) is 12.1 Å². The fourth-order valence-electron chi connectivity index (χ4n) is 3.39. The summed E-state index contributed by atoms with van der Waals surface area (Å²) in [5, 5.41) is 0. The highest BCUT2D eigenvalue weighted by Gasteiger charge is 2.20. The molecule has 1 amide bonds. The normalized spacial score (nSPS) is 11.0. The minimum Gasteiger partial charge on any atom is -0.311 e. The lowest BCUT2D eigenvalue weighted by Gasteiger charge is -2.21. The van der Waals surface area contributed by atoms with Crippen molar-refractivity contribution in [1.82, 2.24) is 19.1 Å². The number of carbonyl (C=O) groups excluding carboxylic acids is 1. The molecular formula is C22H21N5O2. The molecule has 0 bridgehead atoms. The first kappa shape index (κ1) is 18.6. The third-order valence-electron chi connectivity index (χ3n) is 4.89. The number of fused-ring (bicyclic) bond motifs is 1. The van der Waals surface area contributed by atoms with Gasteiger partial charge in [-0.3, -0.25) is 13.9 Å². The van der Waals surface area contributed by atoms with Crippen molar-refractivity contribution in [2.45, 2.75) is 13.5 Å². The first-order valence-corrected chi connectivity index (χ1v) is 9.43. The highest BCUT2D eigenvalue weighted by molar-refractivity contribution is 5.93. The maximum Gasteiger partial charge on any atom is 0.330 e. The molecule has 0 aliphatic carbocycles. The van der Waals surface area contributed by atoms with Crippen LogP contribution in [0.1, 0.15) is 6.92 Å². The van der Waals surface area contributed by atoms with Crippen LogP contribution in [-0.4, -0.2) is 31.6 Å². The van der Waals surface area contributed by atoms with Gasteiger partial charge in [-0.1, -0.05) is 48.5 Å². The molecule has 2 heterocycles. The Labute approximate surface area is 167 Å². The number of amides is 1. The van der Waals surface area contributed by atoms with Gasteiger partial charge in [0.15, 0.2) is 11.5 Å². The van der Waals surface area contributed by atoms with Crippen LogP contribution in [0.5, 0.6) is 0 Å². The molecule has 0 aliphatic rings. The number of imidazole rings is 1. The van der Waals surface area contributed by atoms with Crippen molar-refractivity contribution < 1.29 is 4.79 Å². The first-order valence-electron chi connectivity index (χ1n) is 9.43. The van der Waals surface area contributed by atoms with E-state index in [1.165, 1.54) is 9.13 Å². The van der Waals surface area contributed by atoms with E-state index in [0.717, 1.165) is 11.3 Å². The topological polar surface area (TPSA) is 73.0 Å². The Kier molecular flexibility index (Phi) is 4.95. The molecule has 0 saturated carbocycles. The molecule has 7 nitrogen and oxygen atoms in total. The van der Waals surface area contributed by atoms with Gasteiger partial charge in [0, 0.05) is 24.8 Å². The molecule has 0 N–H and O–H groups in total. The van der Waals surface area contributed by atoms with Crippen LogP contribution in [-0.2, 0) is 18.4 Å². The van der Waals surface area contributed by atoms with E-state index in [9.17, 15) is 9.59 Å². The SMILES string of the molecule is CCN(C(=O)Cn1c(=O)n(C)c2nc(-c3ccccc3)ncc21)c1ccccc1. The van der Waals surface area contributed by atoms with Crippen LogP contribution in [0.4, 0.5) is 5.69 Å². The Balaban J connectivity index is 1.72. The summed E-state index contributed by atoms with van der Waals surface area (Å²) in [6.45, 7) is 2.34. The number of nitrogens with zero attached hydrogens (tertiary/aromatic N) is 5. The molecule has 2 aromatic carbocycles. The molecule has 4 rings (SSSR count). The van der Waals surface area contributed by atoms with E-state index in [1.54, 1.807) is 18.1 Å². The molecule has 29 heavy (non-hydrogen) atoms. The quantitative estimate of drug-likeness (QED) is 0.528. The molecule has 0 unspecified atom stereocenters. The second-order valence-electron chi connectivity index (χ2n) is 6.67. The third kappa shape index (κ3) is 3.42. The molecule has 0 aliphatic heterocycles. The number of para-hydroxylation sites is 1. The van der Waals surface area contributed by atoms with Gasteiger partial charge in [-0.15, -0.1) is 0 Å². The summed E-state index contributed by atoms with van der Waals surface area (Å²) in [6, 6.07) is 19.0. The van der Waals surface area contributed by atoms with Gasteiger partial charge in [0.25, 0.3) is 0 Å². The van der Waals surface area contributed by atoms with Gasteiger partial charge >= 0.3 is 5.69 Å². The molecule has 7 heteroatoms. The van der Waals surface area contributed by atoms with Crippen LogP contribution in [0.2, 0.25) is 0 Å². The zero-order chi connectivity index (χ0) is 20.4. The molecule has 0 atom stereocenters. The molecule has 0 fully saturated rings. The smallest absolute Gasteiger partial charge is 0.311 e. The number of benzene rings is 2. The standard InChI is InChI=1S/C22H21N5O2/c1-3-26(17-12-8-5-9-13-17)19(28)15-27-18-14-23-20(16-10-6-4-7-11-16)24-21(18)25(2)22(27)29/h4-14H,3,15H2,1-2H3. The van der Waals surface area contributed by atoms with Gasteiger partial charge in [-0.2, -0.15) is 0 Å². The van der Waals surface area contributed by atoms with Crippen molar-refractivity contribution in [3.05, 3.63) is 77.3 Å². The zero-order valence-electron chi connectivity index (χ0n) is 16.3. The molecule has 2 aromatic heterocycles. The van der Waals surface area contributed by atoms with E-state index >= 15 is 0 Å². The number of hydrogen-bond donors (Lipinski definition) is 0. The summed E-state index contributed by atoms with van der Waals surface area (Å²) in [4.78, 5) is 36.4. The monoisotopic (exact) mass is 387 g/mol. The number of likely N-dealkylation sites (N-methyl/N-ethyl adjacent to an activating group) is 1. The average molecular weight is 387 g/mol. The van der Waals surface area contributed by atoms with Crippen LogP contribution in [0.3, 0.4) is 0 Å². The predicted molar refractivity (Wildman–Crippen MR) is 113 cm³/mol. The lowest BCUT2D eigenvalue weighted by atomic mass is 10.2. The highest BCUT2D eigenvalue weighted by atomic mass is 16.2. The van der Waals surface area contributed by atoms with Gasteiger partial charge in [-0.05, 0) is 19.1 Å². The maximum absolute atomic E-state index is 13.0. The Bertz CT molecular complexity index is 1210. The van der Waals surface area contributed by atoms with Gasteiger partial charge in [0.2, 0.25) is 5.91 Å². The minimum absolute atomic E-state index is 0.0764. The largest absolute Gasteiger partial charge is 0.330 e. The van der Waals surface area contributed by atoms with Crippen molar-refractivity contribution in [2.24, 2.45) is 7.05 Å². The maximum atomic E-state index is 13.0. The van der Waals surface area contributed by atoms with E-state index in [4.69, 9.17) is 0 Å². The zero-order valence-corrected chi connectivity index (χ0v) is 16.3. The Hall–Kier alpha value is -3.74. The fraction of sp³-hybridized carbons (Fsp3) is 0.182. The van der Waals surface area contributed by atoms with Crippen molar-refractivity contribution in [1.29, 1.82) is 0 Å². The minimum atomic E-state index is -0.294. The third-order valence-corrected chi connectivity index (χ3v) is 4.89. The van der Waals surface area contributed by atoms with Gasteiger partial charge < -0.3 is 4.90 Å². The fourth-order valence-corrected chi connectivity index (χ4v) is 3.39. The summed E-state index contributed by atoms with van der Waals surface area (Å²) in [6.07, 6.45) is 1.61. The van der Waals surface area contributed by atoms with E-state index in [1.807, 2.05) is 67.6 Å². The number of aromatic nitrogens is 4. The Morgan fingerprint density at radius 1 is 1.03 bits per heavy atom. The van der Waals surface area contributed by atoms with E-state index in [-0.39, 0.29) is 18.1 Å². The van der Waals surface area contributed by atoms with Crippen LogP contribution in [0, 0.1) is 0 Å². The van der Waals surface area contributed by atoms with Crippen molar-refractivity contribution in [2.75, 3.05) is 11.4 Å². The number of rotatable bonds is 5. The molecule has 146 valence electrons. The van der Waals surface area contributed by atoms with Crippen molar-refractivity contribution in [3.63, 3.8) is 0 Å². The summed E-state index contributed by atoms with van der Waals surface area (Å²) in [5.41, 5.74) is 2.41. The number of aryl methyl sites for hydroxylation is 1. The highest BCUT2D eigenvalue weighted by Crippen LogP contribution is 2.18. The lowest BCUT2D eigenvalue weighted by Crippen LogP contribution is -2.36. The van der Waals surface area contributed by atoms with Crippen LogP contribution in [0.25, 0.3) is 22.6 Å². The molecule has 0 saturated heterocycles. The summed E-state index contributed by atoms with van der Waals surface area (Å²) >= 11 is 0. The number of anilines is 1. The van der Waals surface area contributed by atoms with Gasteiger partial charge in [-0.25, -0.2) is 14.8 Å². The van der Waals surface area contributed by atoms with Crippen LogP contribution >= 0.6 is 0 Å². The summed E-state index contributed by atoms with van der Waals surface area (Å²) < 4.78 is 2.88. The van der Waals surface area contributed by atoms with E-state index in [2.05, 4.69) is 9.97 Å². The predicted octanol–water partition coefficient (Wildman–Crippen LogP) is 2.85. The van der Waals surface area contributed by atoms with Crippen molar-refractivity contribution >= 4 is 22.8 Å². The van der Waals surface area contributed by atoms with E-state index in [0.29, 0.717) is 23.5 Å². The average Bonchev–Trinajstić information content (AvgIpc) is 3.00.